The standard InChI is InChI=1S/C28H35NO4/c1-18(30)32-28(33-19(2)31)14-5-8-21-9-10-22-24-12-11-23(20-7-6-16-29-17-20)26(24,3)15-13-25(22)27(21,28)4/h6-7,9,11,16-17,22,24-25H,5,8,10,12-15H2,1-4H3/t22-,24-,25-,26+,27-/m0/s1. The highest BCUT2D eigenvalue weighted by Crippen LogP contribution is 2.68. The Bertz CT molecular complexity index is 1010. The molecule has 2 fully saturated rings. The quantitative estimate of drug-likeness (QED) is 0.328. The third-order valence-electron chi connectivity index (χ3n) is 9.40. The number of hydrogen-bond acceptors (Lipinski definition) is 5. The lowest BCUT2D eigenvalue weighted by Crippen LogP contribution is -2.62. The van der Waals surface area contributed by atoms with E-state index >= 15 is 0 Å². The van der Waals surface area contributed by atoms with Crippen LogP contribution in [0.1, 0.15) is 78.2 Å². The largest absolute Gasteiger partial charge is 0.422 e. The first kappa shape index (κ1) is 22.4. The summed E-state index contributed by atoms with van der Waals surface area (Å²) >= 11 is 0. The zero-order valence-corrected chi connectivity index (χ0v) is 20.2. The molecule has 0 N–H and O–H groups in total. The van der Waals surface area contributed by atoms with Gasteiger partial charge in [-0.2, -0.15) is 0 Å². The predicted molar refractivity (Wildman–Crippen MR) is 126 cm³/mol. The molecule has 176 valence electrons. The van der Waals surface area contributed by atoms with Crippen LogP contribution in [-0.4, -0.2) is 22.7 Å². The fraction of sp³-hybridized carbons (Fsp3) is 0.607. The van der Waals surface area contributed by atoms with Gasteiger partial charge in [-0.1, -0.05) is 30.7 Å². The Morgan fingerprint density at radius 2 is 1.79 bits per heavy atom. The van der Waals surface area contributed by atoms with Gasteiger partial charge in [0, 0.05) is 32.7 Å². The Hall–Kier alpha value is -2.43. The summed E-state index contributed by atoms with van der Waals surface area (Å²) in [6, 6.07) is 4.19. The maximum absolute atomic E-state index is 12.3. The second-order valence-corrected chi connectivity index (χ2v) is 10.9. The fourth-order valence-electron chi connectivity index (χ4n) is 8.06. The second kappa shape index (κ2) is 7.82. The Morgan fingerprint density at radius 3 is 2.45 bits per heavy atom. The number of hydrogen-bond donors (Lipinski definition) is 0. The van der Waals surface area contributed by atoms with Crippen molar-refractivity contribution in [3.63, 3.8) is 0 Å². The third-order valence-corrected chi connectivity index (χ3v) is 9.40. The number of aromatic nitrogens is 1. The molecule has 1 aromatic heterocycles. The molecule has 0 radical (unpaired) electrons. The summed E-state index contributed by atoms with van der Waals surface area (Å²) in [6.45, 7) is 7.47. The number of carbonyl (C=O) groups is 2. The van der Waals surface area contributed by atoms with E-state index in [-0.39, 0.29) is 17.4 Å². The van der Waals surface area contributed by atoms with Gasteiger partial charge in [-0.05, 0) is 85.8 Å². The molecule has 0 saturated heterocycles. The average molecular weight is 450 g/mol. The maximum Gasteiger partial charge on any atom is 0.305 e. The zero-order chi connectivity index (χ0) is 23.4. The summed E-state index contributed by atoms with van der Waals surface area (Å²) in [5.41, 5.74) is 3.56. The summed E-state index contributed by atoms with van der Waals surface area (Å²) in [7, 11) is 0. The number of fused-ring (bicyclic) bond motifs is 5. The molecule has 4 aliphatic carbocycles. The van der Waals surface area contributed by atoms with Crippen LogP contribution < -0.4 is 0 Å². The van der Waals surface area contributed by atoms with E-state index in [1.54, 1.807) is 0 Å². The van der Waals surface area contributed by atoms with Crippen LogP contribution in [0, 0.1) is 28.6 Å². The van der Waals surface area contributed by atoms with E-state index in [0.29, 0.717) is 24.2 Å². The van der Waals surface area contributed by atoms with Gasteiger partial charge < -0.3 is 9.47 Å². The molecule has 0 bridgehead atoms. The van der Waals surface area contributed by atoms with Gasteiger partial charge in [-0.3, -0.25) is 14.6 Å². The molecular formula is C28H35NO4. The summed E-state index contributed by atoms with van der Waals surface area (Å²) < 4.78 is 12.0. The highest BCUT2D eigenvalue weighted by atomic mass is 16.7. The molecule has 33 heavy (non-hydrogen) atoms. The number of ether oxygens (including phenoxy) is 2. The number of rotatable bonds is 3. The molecule has 0 aromatic carbocycles. The van der Waals surface area contributed by atoms with Crippen molar-refractivity contribution in [3.05, 3.63) is 47.8 Å². The minimum Gasteiger partial charge on any atom is -0.422 e. The van der Waals surface area contributed by atoms with Gasteiger partial charge in [0.05, 0.1) is 5.41 Å². The van der Waals surface area contributed by atoms with E-state index < -0.39 is 11.2 Å². The van der Waals surface area contributed by atoms with Gasteiger partial charge in [0.1, 0.15) is 0 Å². The van der Waals surface area contributed by atoms with Gasteiger partial charge in [0.2, 0.25) is 0 Å². The molecule has 0 unspecified atom stereocenters. The fourth-order valence-corrected chi connectivity index (χ4v) is 8.06. The van der Waals surface area contributed by atoms with Crippen molar-refractivity contribution in [2.24, 2.45) is 28.6 Å². The normalized spacial score (nSPS) is 36.4. The lowest BCUT2D eigenvalue weighted by molar-refractivity contribution is -0.288. The van der Waals surface area contributed by atoms with Crippen molar-refractivity contribution in [1.29, 1.82) is 0 Å². The van der Waals surface area contributed by atoms with E-state index in [1.807, 2.05) is 18.5 Å². The number of esters is 2. The summed E-state index contributed by atoms with van der Waals surface area (Å²) in [6.07, 6.45) is 15.2. The van der Waals surface area contributed by atoms with Crippen LogP contribution in [0.5, 0.6) is 0 Å². The molecular weight excluding hydrogens is 414 g/mol. The maximum atomic E-state index is 12.3. The Kier molecular flexibility index (Phi) is 5.30. The van der Waals surface area contributed by atoms with Crippen LogP contribution >= 0.6 is 0 Å². The lowest BCUT2D eigenvalue weighted by atomic mass is 9.46. The molecule has 4 aliphatic rings. The van der Waals surface area contributed by atoms with Gasteiger partial charge in [-0.25, -0.2) is 0 Å². The van der Waals surface area contributed by atoms with Gasteiger partial charge in [-0.15, -0.1) is 0 Å². The first-order valence-electron chi connectivity index (χ1n) is 12.4. The molecule has 1 aromatic rings. The minimum atomic E-state index is -1.22. The highest BCUT2D eigenvalue weighted by molar-refractivity contribution is 5.72. The monoisotopic (exact) mass is 449 g/mol. The molecule has 0 amide bonds. The van der Waals surface area contributed by atoms with E-state index in [4.69, 9.17) is 9.47 Å². The number of nitrogens with zero attached hydrogens (tertiary/aromatic N) is 1. The number of pyridine rings is 1. The minimum absolute atomic E-state index is 0.103. The van der Waals surface area contributed by atoms with E-state index in [0.717, 1.165) is 38.5 Å². The molecule has 1 heterocycles. The Labute approximate surface area is 196 Å². The van der Waals surface area contributed by atoms with Crippen molar-refractivity contribution >= 4 is 17.5 Å². The van der Waals surface area contributed by atoms with Gasteiger partial charge in [0.25, 0.3) is 5.79 Å². The summed E-state index contributed by atoms with van der Waals surface area (Å²) in [4.78, 5) is 28.9. The van der Waals surface area contributed by atoms with Crippen LogP contribution in [0.2, 0.25) is 0 Å². The topological polar surface area (TPSA) is 65.5 Å². The Balaban J connectivity index is 1.55. The molecule has 2 saturated carbocycles. The van der Waals surface area contributed by atoms with Crippen LogP contribution in [-0.2, 0) is 19.1 Å². The van der Waals surface area contributed by atoms with E-state index in [1.165, 1.54) is 30.6 Å². The van der Waals surface area contributed by atoms with Gasteiger partial charge >= 0.3 is 11.9 Å². The lowest BCUT2D eigenvalue weighted by Gasteiger charge is -2.61. The second-order valence-electron chi connectivity index (χ2n) is 10.9. The molecule has 5 rings (SSSR count). The van der Waals surface area contributed by atoms with E-state index in [2.05, 4.69) is 37.0 Å². The molecule has 0 spiro atoms. The average Bonchev–Trinajstić information content (AvgIpc) is 3.11. The summed E-state index contributed by atoms with van der Waals surface area (Å²) in [5, 5.41) is 0. The SMILES string of the molecule is CC(=O)OC1(OC(C)=O)CCCC2=CC[C@@H]3[C@H](CC[C@]4(C)C(c5cccnc5)=CC[C@@H]34)[C@]21C. The van der Waals surface area contributed by atoms with Crippen LogP contribution in [0.4, 0.5) is 0 Å². The third kappa shape index (κ3) is 3.22. The smallest absolute Gasteiger partial charge is 0.305 e. The van der Waals surface area contributed by atoms with Crippen molar-refractivity contribution in [2.45, 2.75) is 78.4 Å². The van der Waals surface area contributed by atoms with Crippen molar-refractivity contribution < 1.29 is 19.1 Å². The van der Waals surface area contributed by atoms with Crippen molar-refractivity contribution in [3.8, 4) is 0 Å². The molecule has 5 nitrogen and oxygen atoms in total. The van der Waals surface area contributed by atoms with Crippen LogP contribution in [0.25, 0.3) is 5.57 Å². The molecule has 5 heteroatoms. The highest BCUT2D eigenvalue weighted by Gasteiger charge is 2.66. The first-order valence-corrected chi connectivity index (χ1v) is 12.4. The molecule has 0 aliphatic heterocycles. The Morgan fingerprint density at radius 1 is 1.03 bits per heavy atom. The zero-order valence-electron chi connectivity index (χ0n) is 20.2. The van der Waals surface area contributed by atoms with Crippen molar-refractivity contribution in [2.75, 3.05) is 0 Å². The van der Waals surface area contributed by atoms with Gasteiger partial charge in [0.15, 0.2) is 0 Å². The predicted octanol–water partition coefficient (Wildman–Crippen LogP) is 5.86. The van der Waals surface area contributed by atoms with Crippen LogP contribution in [0.3, 0.4) is 0 Å². The van der Waals surface area contributed by atoms with Crippen molar-refractivity contribution in [1.82, 2.24) is 4.98 Å². The number of carbonyl (C=O) groups excluding carboxylic acids is 2. The summed E-state index contributed by atoms with van der Waals surface area (Å²) in [5.74, 6) is -0.729. The molecule has 5 atom stereocenters. The first-order chi connectivity index (χ1) is 15.7. The van der Waals surface area contributed by atoms with E-state index in [9.17, 15) is 9.59 Å². The van der Waals surface area contributed by atoms with Crippen LogP contribution in [0.15, 0.2) is 42.3 Å². The number of allylic oxidation sites excluding steroid dienone is 3.